The summed E-state index contributed by atoms with van der Waals surface area (Å²) in [7, 11) is 1.33. The molecule has 3 unspecified atom stereocenters. The number of aliphatic hydroxyl groups excluding tert-OH is 2. The number of nitrogen functional groups attached to an aromatic ring is 1. The van der Waals surface area contributed by atoms with Crippen LogP contribution in [0.25, 0.3) is 11.2 Å². The highest BCUT2D eigenvalue weighted by molar-refractivity contribution is 8.06. The fraction of sp³-hybridized carbons (Fsp3) is 0.550. The maximum absolute atomic E-state index is 14.8. The standard InChI is InChI=1S/C20H25FN7O10PS/c1-34-15-14(8(4-29)36-19(15)28-7-25-12-16(22)23-6-24-17(12)28)38-39(33,40)35-5-9-13(31)11(21)18(37-9)27-3-2-10(30)26-20(27)32/h2-3,6-9,11,13-15,18-19,29,31H,4-5H2,1H3,(H,33,40)(H2,22,23,24)(H,26,30,32)/p-1/t8-,9-,11+,13?,14?,15+,18-,19-,39?/m1/s1. The molecule has 218 valence electrons. The largest absolute Gasteiger partial charge is 0.780 e. The summed E-state index contributed by atoms with van der Waals surface area (Å²) in [6.45, 7) is -5.66. The van der Waals surface area contributed by atoms with Crippen LogP contribution < -0.4 is 21.9 Å². The predicted octanol–water partition coefficient (Wildman–Crippen LogP) is -2.55. The summed E-state index contributed by atoms with van der Waals surface area (Å²) in [6.07, 6.45) is -7.51. The van der Waals surface area contributed by atoms with Gasteiger partial charge < -0.3 is 44.1 Å². The minimum Gasteiger partial charge on any atom is -0.780 e. The number of alkyl halides is 1. The molecular formula is C20H24FN7O10PS-. The first-order chi connectivity index (χ1) is 19.0. The number of ether oxygens (including phenoxy) is 3. The number of halogens is 1. The van der Waals surface area contributed by atoms with E-state index in [9.17, 15) is 29.1 Å². The first kappa shape index (κ1) is 28.8. The molecule has 0 aromatic carbocycles. The van der Waals surface area contributed by atoms with Crippen molar-refractivity contribution in [1.82, 2.24) is 29.1 Å². The average molecular weight is 604 g/mol. The number of aliphatic hydroxyl groups is 2. The molecule has 2 fully saturated rings. The van der Waals surface area contributed by atoms with Gasteiger partial charge in [0.15, 0.2) is 30.1 Å². The van der Waals surface area contributed by atoms with E-state index in [4.69, 9.17) is 40.8 Å². The third-order valence-corrected chi connectivity index (χ3v) is 8.01. The molecule has 0 spiro atoms. The molecule has 5 N–H and O–H groups in total. The summed E-state index contributed by atoms with van der Waals surface area (Å²) in [6, 6.07) is 0.980. The van der Waals surface area contributed by atoms with E-state index >= 15 is 0 Å². The lowest BCUT2D eigenvalue weighted by Crippen LogP contribution is -2.38. The molecule has 2 aliphatic heterocycles. The highest BCUT2D eigenvalue weighted by Crippen LogP contribution is 2.47. The van der Waals surface area contributed by atoms with Crippen molar-refractivity contribution in [2.24, 2.45) is 0 Å². The molecule has 20 heteroatoms. The first-order valence-electron chi connectivity index (χ1n) is 11.7. The van der Waals surface area contributed by atoms with E-state index in [2.05, 4.69) is 15.0 Å². The second kappa shape index (κ2) is 11.3. The predicted molar refractivity (Wildman–Crippen MR) is 133 cm³/mol. The van der Waals surface area contributed by atoms with Crippen molar-refractivity contribution in [3.8, 4) is 0 Å². The van der Waals surface area contributed by atoms with Crippen LogP contribution in [0, 0.1) is 0 Å². The second-order valence-corrected chi connectivity index (χ2v) is 11.6. The Balaban J connectivity index is 1.29. The van der Waals surface area contributed by atoms with Crippen molar-refractivity contribution >= 4 is 35.5 Å². The molecule has 0 amide bonds. The Hall–Kier alpha value is -2.71. The molecule has 0 saturated carbocycles. The third kappa shape index (κ3) is 5.32. The molecule has 9 atom stereocenters. The number of H-pyrrole nitrogens is 1. The number of fused-ring (bicyclic) bond motifs is 1. The Bertz CT molecular complexity index is 1540. The minimum absolute atomic E-state index is 0.130. The van der Waals surface area contributed by atoms with E-state index in [1.165, 1.54) is 24.3 Å². The fourth-order valence-electron chi connectivity index (χ4n) is 4.55. The number of aromatic nitrogens is 6. The topological polar surface area (TPSA) is 234 Å². The lowest BCUT2D eigenvalue weighted by atomic mass is 10.1. The Kier molecular flexibility index (Phi) is 8.13. The molecule has 3 aromatic heterocycles. The van der Waals surface area contributed by atoms with Crippen LogP contribution in [0.4, 0.5) is 10.2 Å². The number of nitrogens with one attached hydrogen (secondary N) is 1. The molecule has 0 radical (unpaired) electrons. The summed E-state index contributed by atoms with van der Waals surface area (Å²) < 4.78 is 44.6. The minimum atomic E-state index is -4.40. The summed E-state index contributed by atoms with van der Waals surface area (Å²) in [4.78, 5) is 50.6. The van der Waals surface area contributed by atoms with Crippen molar-refractivity contribution in [3.05, 3.63) is 45.8 Å². The van der Waals surface area contributed by atoms with Crippen LogP contribution in [0.3, 0.4) is 0 Å². The number of aromatic amines is 1. The lowest BCUT2D eigenvalue weighted by molar-refractivity contribution is -0.218. The lowest BCUT2D eigenvalue weighted by Gasteiger charge is -2.34. The normalized spacial score (nSPS) is 32.0. The number of hydrogen-bond donors (Lipinski definition) is 4. The van der Waals surface area contributed by atoms with Gasteiger partial charge in [-0.25, -0.2) is 24.1 Å². The van der Waals surface area contributed by atoms with E-state index in [1.54, 1.807) is 0 Å². The Labute approximate surface area is 228 Å². The maximum atomic E-state index is 14.8. The van der Waals surface area contributed by atoms with Gasteiger partial charge in [-0.15, -0.1) is 0 Å². The van der Waals surface area contributed by atoms with Crippen LogP contribution in [-0.2, 0) is 35.1 Å². The fourth-order valence-corrected chi connectivity index (χ4v) is 5.98. The average Bonchev–Trinajstić information content (AvgIpc) is 3.57. The number of anilines is 1. The van der Waals surface area contributed by atoms with Gasteiger partial charge in [-0.2, -0.15) is 0 Å². The smallest absolute Gasteiger partial charge is 0.330 e. The monoisotopic (exact) mass is 604 g/mol. The summed E-state index contributed by atoms with van der Waals surface area (Å²) >= 11 is 5.01. The zero-order valence-corrected chi connectivity index (χ0v) is 22.3. The second-order valence-electron chi connectivity index (χ2n) is 8.86. The SMILES string of the molecule is CO[C@H]1C(OP([O-])(=S)OC[C@H]2O[C@@H](n3ccc(=O)[nH]c3=O)[C@@H](F)C2O)[C@@H](CO)O[C@H]1n1cnc2c(N)ncnc21. The summed E-state index contributed by atoms with van der Waals surface area (Å²) in [5.41, 5.74) is 4.79. The highest BCUT2D eigenvalue weighted by atomic mass is 32.5. The quantitative estimate of drug-likeness (QED) is 0.184. The van der Waals surface area contributed by atoms with Gasteiger partial charge in [-0.05, 0) is 0 Å². The van der Waals surface area contributed by atoms with Gasteiger partial charge in [-0.3, -0.25) is 18.9 Å². The zero-order chi connectivity index (χ0) is 28.8. The number of imidazole rings is 1. The number of hydrogen-bond acceptors (Lipinski definition) is 15. The Morgan fingerprint density at radius 1 is 1.23 bits per heavy atom. The van der Waals surface area contributed by atoms with Crippen LogP contribution in [-0.4, -0.2) is 96.3 Å². The van der Waals surface area contributed by atoms with E-state index in [1.807, 2.05) is 4.98 Å². The molecule has 0 aliphatic carbocycles. The molecule has 2 aliphatic rings. The van der Waals surface area contributed by atoms with Crippen LogP contribution in [0.2, 0.25) is 0 Å². The van der Waals surface area contributed by atoms with Crippen molar-refractivity contribution in [1.29, 1.82) is 0 Å². The molecule has 3 aromatic rings. The molecule has 5 heterocycles. The van der Waals surface area contributed by atoms with Gasteiger partial charge in [-0.1, -0.05) is 11.8 Å². The number of rotatable bonds is 9. The zero-order valence-electron chi connectivity index (χ0n) is 20.5. The third-order valence-electron chi connectivity index (χ3n) is 6.47. The van der Waals surface area contributed by atoms with Gasteiger partial charge in [0.2, 0.25) is 0 Å². The van der Waals surface area contributed by atoms with E-state index < -0.39 is 80.3 Å². The number of nitrogens with two attached hydrogens (primary N) is 1. The first-order valence-corrected chi connectivity index (χ1v) is 14.3. The van der Waals surface area contributed by atoms with Gasteiger partial charge in [0, 0.05) is 19.4 Å². The van der Waals surface area contributed by atoms with E-state index in [0.717, 1.165) is 16.8 Å². The number of nitrogens with zero attached hydrogens (tertiary/aromatic N) is 5. The number of methoxy groups -OCH3 is 1. The van der Waals surface area contributed by atoms with Gasteiger partial charge in [0.1, 0.15) is 49.1 Å². The van der Waals surface area contributed by atoms with Crippen LogP contribution in [0.1, 0.15) is 12.5 Å². The van der Waals surface area contributed by atoms with Crippen LogP contribution >= 0.6 is 6.72 Å². The Morgan fingerprint density at radius 3 is 2.67 bits per heavy atom. The van der Waals surface area contributed by atoms with E-state index in [-0.39, 0.29) is 5.82 Å². The maximum Gasteiger partial charge on any atom is 0.330 e. The molecule has 0 bridgehead atoms. The van der Waals surface area contributed by atoms with Gasteiger partial charge in [0.05, 0.1) is 19.5 Å². The van der Waals surface area contributed by atoms with Gasteiger partial charge in [0.25, 0.3) is 5.56 Å². The van der Waals surface area contributed by atoms with Crippen molar-refractivity contribution in [3.63, 3.8) is 0 Å². The molecular weight excluding hydrogens is 580 g/mol. The van der Waals surface area contributed by atoms with Crippen molar-refractivity contribution in [2.45, 2.75) is 49.1 Å². The van der Waals surface area contributed by atoms with E-state index in [0.29, 0.717) is 11.2 Å². The Morgan fingerprint density at radius 2 is 1.98 bits per heavy atom. The summed E-state index contributed by atoms with van der Waals surface area (Å²) in [5.74, 6) is 0.130. The molecule has 17 nitrogen and oxygen atoms in total. The van der Waals surface area contributed by atoms with Gasteiger partial charge >= 0.3 is 5.69 Å². The van der Waals surface area contributed by atoms with Crippen LogP contribution in [0.5, 0.6) is 0 Å². The van der Waals surface area contributed by atoms with Crippen molar-refractivity contribution < 1.29 is 42.8 Å². The highest BCUT2D eigenvalue weighted by Gasteiger charge is 2.49. The summed E-state index contributed by atoms with van der Waals surface area (Å²) in [5, 5.41) is 20.2. The molecule has 40 heavy (non-hydrogen) atoms. The van der Waals surface area contributed by atoms with Crippen molar-refractivity contribution in [2.75, 3.05) is 26.1 Å². The van der Waals surface area contributed by atoms with Crippen LogP contribution in [0.15, 0.2) is 34.5 Å². The molecule has 5 rings (SSSR count). The molecule has 2 saturated heterocycles.